The molecule has 0 aliphatic rings. The molecular weight excluding hydrogens is 373 g/mol. The Kier molecular flexibility index (Phi) is 5.68. The van der Waals surface area contributed by atoms with E-state index in [0.29, 0.717) is 22.9 Å². The SMILES string of the molecule is Cc1cc(NC(=O)CCc2c(Cl)cccc2Cl)ccc1Br. The molecule has 0 aliphatic heterocycles. The fourth-order valence-corrected chi connectivity index (χ4v) is 2.79. The maximum atomic E-state index is 12.0. The first-order valence-corrected chi connectivity index (χ1v) is 8.01. The lowest BCUT2D eigenvalue weighted by atomic mass is 10.1. The minimum Gasteiger partial charge on any atom is -0.326 e. The number of benzene rings is 2. The summed E-state index contributed by atoms with van der Waals surface area (Å²) in [5.41, 5.74) is 2.66. The van der Waals surface area contributed by atoms with Gasteiger partial charge in [0.05, 0.1) is 0 Å². The Morgan fingerprint density at radius 2 is 1.86 bits per heavy atom. The van der Waals surface area contributed by atoms with Gasteiger partial charge in [-0.25, -0.2) is 0 Å². The fraction of sp³-hybridized carbons (Fsp3) is 0.188. The smallest absolute Gasteiger partial charge is 0.224 e. The molecule has 0 saturated carbocycles. The van der Waals surface area contributed by atoms with Gasteiger partial charge in [-0.15, -0.1) is 0 Å². The molecule has 2 rings (SSSR count). The lowest BCUT2D eigenvalue weighted by molar-refractivity contribution is -0.116. The molecule has 0 spiro atoms. The van der Waals surface area contributed by atoms with Crippen molar-refractivity contribution in [1.29, 1.82) is 0 Å². The van der Waals surface area contributed by atoms with E-state index in [2.05, 4.69) is 21.2 Å². The molecule has 110 valence electrons. The van der Waals surface area contributed by atoms with E-state index in [1.807, 2.05) is 25.1 Å². The molecule has 2 nitrogen and oxygen atoms in total. The number of nitrogens with one attached hydrogen (secondary N) is 1. The van der Waals surface area contributed by atoms with Crippen molar-refractivity contribution in [2.24, 2.45) is 0 Å². The monoisotopic (exact) mass is 385 g/mol. The molecule has 0 aliphatic carbocycles. The Labute approximate surface area is 142 Å². The largest absolute Gasteiger partial charge is 0.326 e. The molecule has 0 unspecified atom stereocenters. The number of amides is 1. The van der Waals surface area contributed by atoms with Crippen LogP contribution in [-0.2, 0) is 11.2 Å². The van der Waals surface area contributed by atoms with Gasteiger partial charge in [-0.05, 0) is 54.8 Å². The van der Waals surface area contributed by atoms with Crippen LogP contribution in [-0.4, -0.2) is 5.91 Å². The average molecular weight is 387 g/mol. The van der Waals surface area contributed by atoms with Crippen molar-refractivity contribution in [3.8, 4) is 0 Å². The first-order valence-electron chi connectivity index (χ1n) is 6.46. The molecule has 0 heterocycles. The van der Waals surface area contributed by atoms with E-state index >= 15 is 0 Å². The van der Waals surface area contributed by atoms with Crippen molar-refractivity contribution in [3.05, 3.63) is 62.0 Å². The summed E-state index contributed by atoms with van der Waals surface area (Å²) in [5, 5.41) is 4.06. The summed E-state index contributed by atoms with van der Waals surface area (Å²) >= 11 is 15.6. The van der Waals surface area contributed by atoms with Crippen molar-refractivity contribution in [2.45, 2.75) is 19.8 Å². The third-order valence-electron chi connectivity index (χ3n) is 3.11. The quantitative estimate of drug-likeness (QED) is 0.724. The summed E-state index contributed by atoms with van der Waals surface area (Å²) in [5.74, 6) is -0.0623. The Morgan fingerprint density at radius 3 is 2.48 bits per heavy atom. The van der Waals surface area contributed by atoms with Crippen LogP contribution in [0.5, 0.6) is 0 Å². The van der Waals surface area contributed by atoms with Gasteiger partial charge in [-0.2, -0.15) is 0 Å². The summed E-state index contributed by atoms with van der Waals surface area (Å²) in [4.78, 5) is 12.0. The third kappa shape index (κ3) is 4.47. The van der Waals surface area contributed by atoms with Gasteiger partial charge in [0.1, 0.15) is 0 Å². The van der Waals surface area contributed by atoms with E-state index in [-0.39, 0.29) is 5.91 Å². The van der Waals surface area contributed by atoms with Gasteiger partial charge < -0.3 is 5.32 Å². The highest BCUT2D eigenvalue weighted by Crippen LogP contribution is 2.26. The molecule has 1 amide bonds. The average Bonchev–Trinajstić information content (AvgIpc) is 2.42. The number of aryl methyl sites for hydroxylation is 1. The standard InChI is InChI=1S/C16H14BrCl2NO/c1-10-9-11(5-7-13(10)17)20-16(21)8-6-12-14(18)3-2-4-15(12)19/h2-5,7,9H,6,8H2,1H3,(H,20,21). The second-order valence-corrected chi connectivity index (χ2v) is 6.38. The van der Waals surface area contributed by atoms with Gasteiger partial charge >= 0.3 is 0 Å². The van der Waals surface area contributed by atoms with E-state index in [1.165, 1.54) is 0 Å². The summed E-state index contributed by atoms with van der Waals surface area (Å²) in [6.07, 6.45) is 0.846. The second-order valence-electron chi connectivity index (χ2n) is 4.71. The predicted molar refractivity (Wildman–Crippen MR) is 92.3 cm³/mol. The summed E-state index contributed by atoms with van der Waals surface area (Å²) < 4.78 is 1.02. The van der Waals surface area contributed by atoms with Crippen LogP contribution in [0.4, 0.5) is 5.69 Å². The van der Waals surface area contributed by atoms with Gasteiger partial charge in [0.15, 0.2) is 0 Å². The van der Waals surface area contributed by atoms with E-state index in [1.54, 1.807) is 18.2 Å². The van der Waals surface area contributed by atoms with Crippen molar-refractivity contribution in [3.63, 3.8) is 0 Å². The first kappa shape index (κ1) is 16.3. The van der Waals surface area contributed by atoms with Crippen LogP contribution in [0.25, 0.3) is 0 Å². The predicted octanol–water partition coefficient (Wildman–Crippen LogP) is 5.64. The third-order valence-corrected chi connectivity index (χ3v) is 4.70. The molecule has 21 heavy (non-hydrogen) atoms. The Bertz CT molecular complexity index is 653. The molecule has 1 N–H and O–H groups in total. The highest BCUT2D eigenvalue weighted by atomic mass is 79.9. The van der Waals surface area contributed by atoms with Crippen molar-refractivity contribution < 1.29 is 4.79 Å². The van der Waals surface area contributed by atoms with Crippen LogP contribution in [0.2, 0.25) is 10.0 Å². The Balaban J connectivity index is 1.97. The minimum atomic E-state index is -0.0623. The number of rotatable bonds is 4. The molecule has 2 aromatic rings. The number of hydrogen-bond acceptors (Lipinski definition) is 1. The van der Waals surface area contributed by atoms with Crippen LogP contribution in [0, 0.1) is 6.92 Å². The summed E-state index contributed by atoms with van der Waals surface area (Å²) in [7, 11) is 0. The van der Waals surface area contributed by atoms with E-state index < -0.39 is 0 Å². The van der Waals surface area contributed by atoms with Gasteiger partial charge in [0.25, 0.3) is 0 Å². The minimum absolute atomic E-state index is 0.0623. The Hall–Kier alpha value is -1.03. The van der Waals surface area contributed by atoms with Gasteiger partial charge in [-0.3, -0.25) is 4.79 Å². The van der Waals surface area contributed by atoms with Crippen LogP contribution in [0.1, 0.15) is 17.5 Å². The first-order chi connectivity index (χ1) is 9.97. The van der Waals surface area contributed by atoms with Gasteiger partial charge in [0.2, 0.25) is 5.91 Å². The van der Waals surface area contributed by atoms with Gasteiger partial charge in [0, 0.05) is 26.6 Å². The second kappa shape index (κ2) is 7.30. The zero-order chi connectivity index (χ0) is 15.4. The Morgan fingerprint density at radius 1 is 1.19 bits per heavy atom. The molecule has 0 aromatic heterocycles. The van der Waals surface area contributed by atoms with Crippen molar-refractivity contribution >= 4 is 50.7 Å². The molecule has 0 saturated heterocycles. The highest BCUT2D eigenvalue weighted by molar-refractivity contribution is 9.10. The molecular formula is C16H14BrCl2NO. The molecule has 0 bridgehead atoms. The topological polar surface area (TPSA) is 29.1 Å². The number of anilines is 1. The van der Waals surface area contributed by atoms with Crippen LogP contribution in [0.3, 0.4) is 0 Å². The zero-order valence-corrected chi connectivity index (χ0v) is 14.5. The fourth-order valence-electron chi connectivity index (χ4n) is 1.96. The van der Waals surface area contributed by atoms with Crippen molar-refractivity contribution in [1.82, 2.24) is 0 Å². The molecule has 0 fully saturated rings. The van der Waals surface area contributed by atoms with Crippen LogP contribution >= 0.6 is 39.1 Å². The lowest BCUT2D eigenvalue weighted by Crippen LogP contribution is -2.12. The van der Waals surface area contributed by atoms with Gasteiger partial charge in [-0.1, -0.05) is 45.2 Å². The van der Waals surface area contributed by atoms with Crippen LogP contribution < -0.4 is 5.32 Å². The summed E-state index contributed by atoms with van der Waals surface area (Å²) in [6.45, 7) is 1.98. The molecule has 5 heteroatoms. The van der Waals surface area contributed by atoms with E-state index in [4.69, 9.17) is 23.2 Å². The number of carbonyl (C=O) groups excluding carboxylic acids is 1. The van der Waals surface area contributed by atoms with E-state index in [9.17, 15) is 4.79 Å². The zero-order valence-electron chi connectivity index (χ0n) is 11.4. The molecule has 0 atom stereocenters. The number of hydrogen-bond donors (Lipinski definition) is 1. The normalized spacial score (nSPS) is 10.5. The lowest BCUT2D eigenvalue weighted by Gasteiger charge is -2.09. The molecule has 0 radical (unpaired) electrons. The van der Waals surface area contributed by atoms with Crippen LogP contribution in [0.15, 0.2) is 40.9 Å². The highest BCUT2D eigenvalue weighted by Gasteiger charge is 2.09. The van der Waals surface area contributed by atoms with Crippen molar-refractivity contribution in [2.75, 3.05) is 5.32 Å². The summed E-state index contributed by atoms with van der Waals surface area (Å²) in [6, 6.07) is 11.0. The number of halogens is 3. The van der Waals surface area contributed by atoms with E-state index in [0.717, 1.165) is 21.3 Å². The number of carbonyl (C=O) groups is 1. The maximum absolute atomic E-state index is 12.0. The molecule has 2 aromatic carbocycles. The maximum Gasteiger partial charge on any atom is 0.224 e.